The highest BCUT2D eigenvalue weighted by molar-refractivity contribution is 6.30. The minimum atomic E-state index is -2.86. The van der Waals surface area contributed by atoms with Gasteiger partial charge in [0, 0.05) is 11.5 Å². The van der Waals surface area contributed by atoms with E-state index in [1.165, 1.54) is 4.68 Å². The number of aromatic nitrogens is 2. The van der Waals surface area contributed by atoms with Gasteiger partial charge in [-0.25, -0.2) is 0 Å². The first-order valence-corrected chi connectivity index (χ1v) is 6.13. The van der Waals surface area contributed by atoms with E-state index >= 15 is 0 Å². The maximum Gasteiger partial charge on any atom is 0.292 e. The summed E-state index contributed by atoms with van der Waals surface area (Å²) in [6.45, 7) is 8.89. The lowest BCUT2D eigenvalue weighted by molar-refractivity contribution is -0.0613. The van der Waals surface area contributed by atoms with Gasteiger partial charge in [-0.3, -0.25) is 4.68 Å². The molecule has 5 heteroatoms. The third-order valence-electron chi connectivity index (χ3n) is 3.61. The van der Waals surface area contributed by atoms with E-state index in [1.807, 2.05) is 20.8 Å². The van der Waals surface area contributed by atoms with E-state index in [9.17, 15) is 8.78 Å². The average molecular weight is 263 g/mol. The van der Waals surface area contributed by atoms with Gasteiger partial charge in [-0.15, -0.1) is 0 Å². The first kappa shape index (κ1) is 12.8. The second-order valence-corrected chi connectivity index (χ2v) is 6.19. The zero-order valence-electron chi connectivity index (χ0n) is 10.7. The van der Waals surface area contributed by atoms with Crippen LogP contribution in [0.2, 0.25) is 5.15 Å². The second kappa shape index (κ2) is 3.44. The van der Waals surface area contributed by atoms with Crippen LogP contribution in [0.3, 0.4) is 0 Å². The van der Waals surface area contributed by atoms with Crippen molar-refractivity contribution in [2.24, 2.45) is 5.92 Å². The molecule has 0 unspecified atom stereocenters. The van der Waals surface area contributed by atoms with Crippen molar-refractivity contribution in [3.05, 3.63) is 16.4 Å². The van der Waals surface area contributed by atoms with Crippen LogP contribution in [-0.2, 0) is 11.5 Å². The van der Waals surface area contributed by atoms with Crippen LogP contribution in [0, 0.1) is 5.92 Å². The molecule has 1 aromatic rings. The molecule has 0 saturated carbocycles. The largest absolute Gasteiger partial charge is 0.292 e. The van der Waals surface area contributed by atoms with E-state index < -0.39 is 17.4 Å². The van der Waals surface area contributed by atoms with E-state index in [-0.39, 0.29) is 16.8 Å². The molecule has 2 nitrogen and oxygen atoms in total. The van der Waals surface area contributed by atoms with E-state index in [2.05, 4.69) is 5.10 Å². The van der Waals surface area contributed by atoms with E-state index in [4.69, 9.17) is 11.6 Å². The maximum atomic E-state index is 14.3. The second-order valence-electron chi connectivity index (χ2n) is 5.84. The maximum absolute atomic E-state index is 14.3. The van der Waals surface area contributed by atoms with E-state index in [0.717, 1.165) is 0 Å². The first-order chi connectivity index (χ1) is 7.58. The molecule has 0 N–H and O–H groups in total. The molecule has 2 rings (SSSR count). The Balaban J connectivity index is 2.73. The van der Waals surface area contributed by atoms with Gasteiger partial charge in [0.2, 0.25) is 0 Å². The number of hydrogen-bond donors (Lipinski definition) is 0. The predicted molar refractivity (Wildman–Crippen MR) is 63.7 cm³/mol. The van der Waals surface area contributed by atoms with Gasteiger partial charge in [-0.2, -0.15) is 13.9 Å². The SMILES string of the molecule is C[C@@H]1c2c(Cl)nn(C(C)(C)C)c2C(F)(F)[C@@H]1C. The molecule has 2 atom stereocenters. The van der Waals surface area contributed by atoms with Crippen LogP contribution in [0.15, 0.2) is 0 Å². The molecule has 1 heterocycles. The fourth-order valence-electron chi connectivity index (χ4n) is 2.39. The summed E-state index contributed by atoms with van der Waals surface area (Å²) in [4.78, 5) is 0. The monoisotopic (exact) mass is 262 g/mol. The Morgan fingerprint density at radius 2 is 1.82 bits per heavy atom. The molecule has 1 aliphatic rings. The lowest BCUT2D eigenvalue weighted by atomic mass is 9.95. The highest BCUT2D eigenvalue weighted by Gasteiger charge is 2.55. The Morgan fingerprint density at radius 1 is 1.29 bits per heavy atom. The van der Waals surface area contributed by atoms with Crippen molar-refractivity contribution in [2.45, 2.75) is 52.0 Å². The number of nitrogens with zero attached hydrogens (tertiary/aromatic N) is 2. The number of halogens is 3. The summed E-state index contributed by atoms with van der Waals surface area (Å²) < 4.78 is 29.9. The molecule has 0 amide bonds. The Bertz CT molecular complexity index is 460. The third-order valence-corrected chi connectivity index (χ3v) is 3.88. The van der Waals surface area contributed by atoms with Crippen LogP contribution < -0.4 is 0 Å². The molecule has 0 saturated heterocycles. The van der Waals surface area contributed by atoms with Crippen LogP contribution in [0.1, 0.15) is 51.8 Å². The van der Waals surface area contributed by atoms with Crippen molar-refractivity contribution in [3.8, 4) is 0 Å². The molecule has 1 aromatic heterocycles. The van der Waals surface area contributed by atoms with Gasteiger partial charge in [-0.1, -0.05) is 25.4 Å². The van der Waals surface area contributed by atoms with Gasteiger partial charge < -0.3 is 0 Å². The van der Waals surface area contributed by atoms with Crippen LogP contribution >= 0.6 is 11.6 Å². The molecule has 0 bridgehead atoms. The standard InChI is InChI=1S/C12H17ClF2N2/c1-6-7(2)12(14,15)9-8(6)10(13)16-17(9)11(3,4)5/h6-7H,1-5H3/t6-,7+/m0/s1. The van der Waals surface area contributed by atoms with Gasteiger partial charge in [0.25, 0.3) is 5.92 Å². The summed E-state index contributed by atoms with van der Waals surface area (Å²) in [6, 6.07) is 0. The summed E-state index contributed by atoms with van der Waals surface area (Å²) in [7, 11) is 0. The number of rotatable bonds is 0. The molecule has 17 heavy (non-hydrogen) atoms. The van der Waals surface area contributed by atoms with Crippen molar-refractivity contribution in [1.29, 1.82) is 0 Å². The molecule has 0 aliphatic heterocycles. The van der Waals surface area contributed by atoms with Crippen LogP contribution in [0.25, 0.3) is 0 Å². The highest BCUT2D eigenvalue weighted by Crippen LogP contribution is 2.55. The molecule has 96 valence electrons. The van der Waals surface area contributed by atoms with Crippen LogP contribution in [-0.4, -0.2) is 9.78 Å². The quantitative estimate of drug-likeness (QED) is 0.687. The van der Waals surface area contributed by atoms with Crippen molar-refractivity contribution in [2.75, 3.05) is 0 Å². The Hall–Kier alpha value is -0.640. The Labute approximate surface area is 105 Å². The average Bonchev–Trinajstić information content (AvgIpc) is 2.60. The fourth-order valence-corrected chi connectivity index (χ4v) is 2.73. The Kier molecular flexibility index (Phi) is 2.59. The number of fused-ring (bicyclic) bond motifs is 1. The van der Waals surface area contributed by atoms with Gasteiger partial charge in [0.05, 0.1) is 5.54 Å². The van der Waals surface area contributed by atoms with Crippen molar-refractivity contribution in [1.82, 2.24) is 9.78 Å². The molecular weight excluding hydrogens is 246 g/mol. The normalized spacial score (nSPS) is 27.3. The predicted octanol–water partition coefficient (Wildman–Crippen LogP) is 4.14. The van der Waals surface area contributed by atoms with Crippen molar-refractivity contribution >= 4 is 11.6 Å². The lowest BCUT2D eigenvalue weighted by Crippen LogP contribution is -2.31. The molecule has 0 radical (unpaired) electrons. The zero-order chi connectivity index (χ0) is 13.2. The van der Waals surface area contributed by atoms with Gasteiger partial charge in [0.15, 0.2) is 5.15 Å². The molecular formula is C12H17ClF2N2. The van der Waals surface area contributed by atoms with E-state index in [0.29, 0.717) is 5.56 Å². The molecule has 1 aliphatic carbocycles. The fraction of sp³-hybridized carbons (Fsp3) is 0.750. The number of hydrogen-bond acceptors (Lipinski definition) is 1. The highest BCUT2D eigenvalue weighted by atomic mass is 35.5. The van der Waals surface area contributed by atoms with Gasteiger partial charge in [0.1, 0.15) is 5.69 Å². The Morgan fingerprint density at radius 3 is 2.29 bits per heavy atom. The van der Waals surface area contributed by atoms with Crippen molar-refractivity contribution < 1.29 is 8.78 Å². The first-order valence-electron chi connectivity index (χ1n) is 5.75. The van der Waals surface area contributed by atoms with Gasteiger partial charge in [-0.05, 0) is 26.7 Å². The molecule has 0 fully saturated rings. The minimum absolute atomic E-state index is 0.00463. The minimum Gasteiger partial charge on any atom is -0.256 e. The number of alkyl halides is 2. The summed E-state index contributed by atoms with van der Waals surface area (Å²) in [6.07, 6.45) is 0. The summed E-state index contributed by atoms with van der Waals surface area (Å²) >= 11 is 6.02. The van der Waals surface area contributed by atoms with Crippen molar-refractivity contribution in [3.63, 3.8) is 0 Å². The molecule has 0 spiro atoms. The van der Waals surface area contributed by atoms with E-state index in [1.54, 1.807) is 13.8 Å². The van der Waals surface area contributed by atoms with Gasteiger partial charge >= 0.3 is 0 Å². The lowest BCUT2D eigenvalue weighted by Gasteiger charge is -2.26. The zero-order valence-corrected chi connectivity index (χ0v) is 11.4. The summed E-state index contributed by atoms with van der Waals surface area (Å²) in [5.41, 5.74) is 0.0128. The molecule has 0 aromatic carbocycles. The summed E-state index contributed by atoms with van der Waals surface area (Å²) in [5, 5.41) is 4.30. The summed E-state index contributed by atoms with van der Waals surface area (Å²) in [5.74, 6) is -3.85. The van der Waals surface area contributed by atoms with Crippen LogP contribution in [0.4, 0.5) is 8.78 Å². The third kappa shape index (κ3) is 1.60. The topological polar surface area (TPSA) is 17.8 Å². The van der Waals surface area contributed by atoms with Crippen LogP contribution in [0.5, 0.6) is 0 Å². The smallest absolute Gasteiger partial charge is 0.256 e.